The summed E-state index contributed by atoms with van der Waals surface area (Å²) >= 11 is 0. The second kappa shape index (κ2) is 2.86. The van der Waals surface area contributed by atoms with Crippen molar-refractivity contribution in [1.29, 1.82) is 0 Å². The Labute approximate surface area is 87.7 Å². The lowest BCUT2D eigenvalue weighted by atomic mass is 10.0. The standard InChI is InChI=1S/C12H13N3/c1-7-12-8-4-2-3-5-9(8)15-10(12)6-11(13)14-7/h2,4-7,15H,3H2,1H3,(H2,13,14). The van der Waals surface area contributed by atoms with Gasteiger partial charge >= 0.3 is 0 Å². The number of nitrogens with two attached hydrogens (primary N) is 1. The lowest BCUT2D eigenvalue weighted by Gasteiger charge is -2.11. The van der Waals surface area contributed by atoms with E-state index in [0.717, 1.165) is 11.8 Å². The van der Waals surface area contributed by atoms with Gasteiger partial charge in [-0.15, -0.1) is 0 Å². The number of aliphatic imine (C=N–C) groups is 1. The van der Waals surface area contributed by atoms with Gasteiger partial charge in [0.1, 0.15) is 5.84 Å². The zero-order chi connectivity index (χ0) is 10.4. The summed E-state index contributed by atoms with van der Waals surface area (Å²) in [5.41, 5.74) is 8.29. The van der Waals surface area contributed by atoms with Crippen molar-refractivity contribution in [1.82, 2.24) is 4.98 Å². The molecule has 3 rings (SSSR count). The van der Waals surface area contributed by atoms with Crippen LogP contribution in [0.1, 0.15) is 30.5 Å². The molecule has 15 heavy (non-hydrogen) atoms. The summed E-state index contributed by atoms with van der Waals surface area (Å²) < 4.78 is 0. The van der Waals surface area contributed by atoms with Gasteiger partial charge in [0.15, 0.2) is 0 Å². The quantitative estimate of drug-likeness (QED) is 0.625. The summed E-state index contributed by atoms with van der Waals surface area (Å²) in [6, 6.07) is 0.154. The van der Waals surface area contributed by atoms with Crippen LogP contribution in [0.3, 0.4) is 0 Å². The smallest absolute Gasteiger partial charge is 0.120 e. The van der Waals surface area contributed by atoms with E-state index >= 15 is 0 Å². The van der Waals surface area contributed by atoms with E-state index in [9.17, 15) is 0 Å². The van der Waals surface area contributed by atoms with Gasteiger partial charge < -0.3 is 10.7 Å². The van der Waals surface area contributed by atoms with Gasteiger partial charge in [-0.3, -0.25) is 4.99 Å². The van der Waals surface area contributed by atoms with Gasteiger partial charge in [-0.1, -0.05) is 18.2 Å². The highest BCUT2D eigenvalue weighted by atomic mass is 14.9. The Hall–Kier alpha value is -1.77. The minimum absolute atomic E-state index is 0.154. The van der Waals surface area contributed by atoms with Gasteiger partial charge in [0.2, 0.25) is 0 Å². The molecule has 0 radical (unpaired) electrons. The molecule has 2 aliphatic rings. The molecule has 0 aromatic carbocycles. The SMILES string of the molecule is CC1N=C(N)C=c2[nH]c3c(c21)C=CCC=3. The fraction of sp³-hybridized carbons (Fsp3) is 0.250. The number of rotatable bonds is 0. The average Bonchev–Trinajstić information content (AvgIpc) is 2.54. The Morgan fingerprint density at radius 1 is 1.47 bits per heavy atom. The molecule has 1 aromatic rings. The molecular formula is C12H13N3. The Kier molecular flexibility index (Phi) is 1.63. The van der Waals surface area contributed by atoms with Crippen molar-refractivity contribution in [2.45, 2.75) is 19.4 Å². The number of nitrogens with one attached hydrogen (secondary N) is 1. The van der Waals surface area contributed by atoms with Gasteiger partial charge in [-0.2, -0.15) is 0 Å². The molecule has 2 heterocycles. The van der Waals surface area contributed by atoms with E-state index < -0.39 is 0 Å². The lowest BCUT2D eigenvalue weighted by Crippen LogP contribution is -2.23. The van der Waals surface area contributed by atoms with Crippen molar-refractivity contribution < 1.29 is 0 Å². The fourth-order valence-corrected chi connectivity index (χ4v) is 2.32. The number of fused-ring (bicyclic) bond motifs is 3. The van der Waals surface area contributed by atoms with E-state index in [0.29, 0.717) is 5.84 Å². The Bertz CT molecular complexity index is 587. The second-order valence-corrected chi connectivity index (χ2v) is 4.00. The van der Waals surface area contributed by atoms with E-state index in [1.807, 2.05) is 6.08 Å². The van der Waals surface area contributed by atoms with Crippen LogP contribution in [0.25, 0.3) is 18.2 Å². The van der Waals surface area contributed by atoms with Crippen LogP contribution in [-0.4, -0.2) is 10.8 Å². The summed E-state index contributed by atoms with van der Waals surface area (Å²) in [6.45, 7) is 2.08. The molecule has 0 bridgehead atoms. The normalized spacial score (nSPS) is 22.2. The Balaban J connectivity index is 2.39. The topological polar surface area (TPSA) is 54.2 Å². The molecule has 3 heteroatoms. The fourth-order valence-electron chi connectivity index (χ4n) is 2.32. The third kappa shape index (κ3) is 1.16. The van der Waals surface area contributed by atoms with Gasteiger partial charge in [0.25, 0.3) is 0 Å². The zero-order valence-electron chi connectivity index (χ0n) is 8.62. The molecule has 3 nitrogen and oxygen atoms in total. The second-order valence-electron chi connectivity index (χ2n) is 4.00. The molecule has 1 aliphatic carbocycles. The number of nitrogens with zero attached hydrogens (tertiary/aromatic N) is 1. The number of aromatic amines is 1. The molecule has 0 amide bonds. The number of hydrogen-bond donors (Lipinski definition) is 2. The Morgan fingerprint density at radius 2 is 2.33 bits per heavy atom. The van der Waals surface area contributed by atoms with E-state index in [4.69, 9.17) is 5.73 Å². The van der Waals surface area contributed by atoms with Gasteiger partial charge in [-0.05, 0) is 13.3 Å². The Morgan fingerprint density at radius 3 is 3.20 bits per heavy atom. The highest BCUT2D eigenvalue weighted by Gasteiger charge is 2.17. The first-order chi connectivity index (χ1) is 7.25. The van der Waals surface area contributed by atoms with E-state index in [1.165, 1.54) is 16.5 Å². The molecule has 1 aromatic heterocycles. The number of amidine groups is 1. The van der Waals surface area contributed by atoms with Crippen LogP contribution in [0.4, 0.5) is 0 Å². The molecule has 1 atom stereocenters. The monoisotopic (exact) mass is 199 g/mol. The first-order valence-corrected chi connectivity index (χ1v) is 5.19. The lowest BCUT2D eigenvalue weighted by molar-refractivity contribution is 0.806. The van der Waals surface area contributed by atoms with Crippen molar-refractivity contribution in [3.63, 3.8) is 0 Å². The van der Waals surface area contributed by atoms with Crippen LogP contribution < -0.4 is 16.4 Å². The molecule has 0 saturated heterocycles. The van der Waals surface area contributed by atoms with Crippen LogP contribution in [0.2, 0.25) is 0 Å². The third-order valence-electron chi connectivity index (χ3n) is 2.94. The van der Waals surface area contributed by atoms with Crippen LogP contribution in [0, 0.1) is 0 Å². The summed E-state index contributed by atoms with van der Waals surface area (Å²) in [5, 5.41) is 2.32. The van der Waals surface area contributed by atoms with Crippen LogP contribution in [-0.2, 0) is 0 Å². The maximum Gasteiger partial charge on any atom is 0.120 e. The summed E-state index contributed by atoms with van der Waals surface area (Å²) in [5.74, 6) is 0.609. The predicted molar refractivity (Wildman–Crippen MR) is 62.7 cm³/mol. The van der Waals surface area contributed by atoms with E-state index in [2.05, 4.69) is 35.1 Å². The molecule has 0 spiro atoms. The van der Waals surface area contributed by atoms with Crippen molar-refractivity contribution in [3.05, 3.63) is 27.9 Å². The van der Waals surface area contributed by atoms with Crippen molar-refractivity contribution in [2.75, 3.05) is 0 Å². The minimum Gasteiger partial charge on any atom is -0.384 e. The molecule has 0 fully saturated rings. The zero-order valence-corrected chi connectivity index (χ0v) is 8.62. The highest BCUT2D eigenvalue weighted by Crippen LogP contribution is 2.20. The maximum atomic E-state index is 5.74. The highest BCUT2D eigenvalue weighted by molar-refractivity contribution is 6.08. The number of aromatic nitrogens is 1. The van der Waals surface area contributed by atoms with Gasteiger partial charge in [0.05, 0.1) is 6.04 Å². The first-order valence-electron chi connectivity index (χ1n) is 5.19. The molecule has 3 N–H and O–H groups in total. The number of hydrogen-bond acceptors (Lipinski definition) is 2. The van der Waals surface area contributed by atoms with Crippen molar-refractivity contribution in [3.8, 4) is 0 Å². The third-order valence-corrected chi connectivity index (χ3v) is 2.94. The maximum absolute atomic E-state index is 5.74. The van der Waals surface area contributed by atoms with Crippen molar-refractivity contribution in [2.24, 2.45) is 10.7 Å². The van der Waals surface area contributed by atoms with Crippen LogP contribution in [0.15, 0.2) is 11.1 Å². The molecule has 1 unspecified atom stereocenters. The summed E-state index contributed by atoms with van der Waals surface area (Å²) in [4.78, 5) is 7.77. The summed E-state index contributed by atoms with van der Waals surface area (Å²) in [7, 11) is 0. The largest absolute Gasteiger partial charge is 0.384 e. The average molecular weight is 199 g/mol. The minimum atomic E-state index is 0.154. The molecular weight excluding hydrogens is 186 g/mol. The number of allylic oxidation sites excluding steroid dienone is 1. The van der Waals surface area contributed by atoms with Gasteiger partial charge in [-0.25, -0.2) is 0 Å². The van der Waals surface area contributed by atoms with Gasteiger partial charge in [0, 0.05) is 27.9 Å². The number of H-pyrrole nitrogens is 1. The predicted octanol–water partition coefficient (Wildman–Crippen LogP) is 0.424. The molecule has 0 saturated carbocycles. The summed E-state index contributed by atoms with van der Waals surface area (Å²) in [6.07, 6.45) is 9.45. The molecule has 1 aliphatic heterocycles. The van der Waals surface area contributed by atoms with Crippen molar-refractivity contribution >= 4 is 24.1 Å². The van der Waals surface area contributed by atoms with E-state index in [1.54, 1.807) is 0 Å². The molecule has 76 valence electrons. The van der Waals surface area contributed by atoms with Crippen LogP contribution in [0.5, 0.6) is 0 Å². The first kappa shape index (κ1) is 8.53. The van der Waals surface area contributed by atoms with E-state index in [-0.39, 0.29) is 6.04 Å². The van der Waals surface area contributed by atoms with Crippen LogP contribution >= 0.6 is 0 Å².